The van der Waals surface area contributed by atoms with E-state index >= 15 is 0 Å². The second-order valence-corrected chi connectivity index (χ2v) is 9.57. The highest BCUT2D eigenvalue weighted by atomic mass is 14.7. The molecule has 0 N–H and O–H groups in total. The topological polar surface area (TPSA) is 12.9 Å². The van der Waals surface area contributed by atoms with Crippen LogP contribution in [0.1, 0.15) is 0 Å². The summed E-state index contributed by atoms with van der Waals surface area (Å²) < 4.78 is 0. The van der Waals surface area contributed by atoms with Gasteiger partial charge in [-0.2, -0.15) is 0 Å². The molecule has 0 unspecified atom stereocenters. The Balaban J connectivity index is 1.60. The minimum atomic E-state index is 0.974. The molecular formula is C37H25N. The predicted octanol–water partition coefficient (Wildman–Crippen LogP) is 10.1. The van der Waals surface area contributed by atoms with Crippen molar-refractivity contribution in [2.45, 2.75) is 0 Å². The normalized spacial score (nSPS) is 11.2. The van der Waals surface area contributed by atoms with Gasteiger partial charge in [-0.1, -0.05) is 140 Å². The summed E-state index contributed by atoms with van der Waals surface area (Å²) in [5.41, 5.74) is 9.08. The van der Waals surface area contributed by atoms with E-state index in [-0.39, 0.29) is 0 Å². The number of benzene rings is 6. The first-order valence-corrected chi connectivity index (χ1v) is 13.0. The summed E-state index contributed by atoms with van der Waals surface area (Å²) >= 11 is 0. The summed E-state index contributed by atoms with van der Waals surface area (Å²) in [6.07, 6.45) is 0. The molecule has 0 radical (unpaired) electrons. The van der Waals surface area contributed by atoms with Gasteiger partial charge in [0.2, 0.25) is 0 Å². The molecule has 0 bridgehead atoms. The van der Waals surface area contributed by atoms with Crippen molar-refractivity contribution in [3.05, 3.63) is 152 Å². The maximum absolute atomic E-state index is 5.30. The highest BCUT2D eigenvalue weighted by Crippen LogP contribution is 2.44. The van der Waals surface area contributed by atoms with Crippen molar-refractivity contribution in [1.29, 1.82) is 0 Å². The largest absolute Gasteiger partial charge is 0.248 e. The van der Waals surface area contributed by atoms with Crippen molar-refractivity contribution in [3.8, 4) is 44.8 Å². The van der Waals surface area contributed by atoms with Crippen molar-refractivity contribution < 1.29 is 0 Å². The van der Waals surface area contributed by atoms with Crippen molar-refractivity contribution in [3.63, 3.8) is 0 Å². The van der Waals surface area contributed by atoms with Crippen LogP contribution >= 0.6 is 0 Å². The van der Waals surface area contributed by atoms with Crippen LogP contribution in [-0.2, 0) is 0 Å². The average Bonchev–Trinajstić information content (AvgIpc) is 3.01. The molecule has 1 aromatic heterocycles. The first-order valence-electron chi connectivity index (χ1n) is 13.0. The number of rotatable bonds is 4. The molecule has 0 saturated carbocycles. The Morgan fingerprint density at radius 3 is 1.21 bits per heavy atom. The summed E-state index contributed by atoms with van der Waals surface area (Å²) in [6.45, 7) is 0. The summed E-state index contributed by atoms with van der Waals surface area (Å²) in [4.78, 5) is 5.30. The van der Waals surface area contributed by atoms with Gasteiger partial charge < -0.3 is 0 Å². The predicted molar refractivity (Wildman–Crippen MR) is 161 cm³/mol. The Morgan fingerprint density at radius 2 is 0.684 bits per heavy atom. The van der Waals surface area contributed by atoms with Crippen LogP contribution in [0, 0.1) is 0 Å². The van der Waals surface area contributed by atoms with Crippen molar-refractivity contribution in [2.75, 3.05) is 0 Å². The number of hydrogen-bond donors (Lipinski definition) is 0. The average molecular weight is 484 g/mol. The van der Waals surface area contributed by atoms with Crippen LogP contribution in [0.25, 0.3) is 66.3 Å². The molecule has 1 heterocycles. The highest BCUT2D eigenvalue weighted by Gasteiger charge is 2.18. The van der Waals surface area contributed by atoms with Gasteiger partial charge in [0.05, 0.1) is 11.4 Å². The van der Waals surface area contributed by atoms with E-state index in [1.807, 2.05) is 0 Å². The second kappa shape index (κ2) is 9.46. The first-order chi connectivity index (χ1) is 18.9. The van der Waals surface area contributed by atoms with E-state index in [1.54, 1.807) is 0 Å². The number of nitrogens with zero attached hydrogens (tertiary/aromatic N) is 1. The van der Waals surface area contributed by atoms with E-state index in [1.165, 1.54) is 43.8 Å². The van der Waals surface area contributed by atoms with E-state index in [2.05, 4.69) is 152 Å². The van der Waals surface area contributed by atoms with E-state index < -0.39 is 0 Å². The molecule has 0 atom stereocenters. The fraction of sp³-hybridized carbons (Fsp3) is 0. The molecule has 7 rings (SSSR count). The minimum absolute atomic E-state index is 0.974. The maximum Gasteiger partial charge on any atom is 0.0728 e. The molecule has 0 aliphatic rings. The zero-order chi connectivity index (χ0) is 25.3. The molecule has 0 aliphatic heterocycles. The number of fused-ring (bicyclic) bond motifs is 2. The number of hydrogen-bond acceptors (Lipinski definition) is 1. The van der Waals surface area contributed by atoms with Gasteiger partial charge in [0.1, 0.15) is 0 Å². The van der Waals surface area contributed by atoms with Crippen molar-refractivity contribution in [2.24, 2.45) is 0 Å². The van der Waals surface area contributed by atoms with Crippen LogP contribution in [-0.4, -0.2) is 4.98 Å². The lowest BCUT2D eigenvalue weighted by Crippen LogP contribution is -1.95. The quantitative estimate of drug-likeness (QED) is 0.227. The van der Waals surface area contributed by atoms with Gasteiger partial charge in [0.15, 0.2) is 0 Å². The molecule has 1 nitrogen and oxygen atoms in total. The lowest BCUT2D eigenvalue weighted by atomic mass is 9.86. The van der Waals surface area contributed by atoms with Crippen LogP contribution in [0.3, 0.4) is 0 Å². The molecule has 0 aliphatic carbocycles. The summed E-state index contributed by atoms with van der Waals surface area (Å²) in [7, 11) is 0. The lowest BCUT2D eigenvalue weighted by molar-refractivity contribution is 1.33. The molecule has 0 saturated heterocycles. The van der Waals surface area contributed by atoms with E-state index in [0.29, 0.717) is 0 Å². The Morgan fingerprint density at radius 1 is 0.289 bits per heavy atom. The van der Waals surface area contributed by atoms with Crippen LogP contribution in [0.15, 0.2) is 152 Å². The Bertz CT molecular complexity index is 1770. The van der Waals surface area contributed by atoms with Gasteiger partial charge >= 0.3 is 0 Å². The Labute approximate surface area is 222 Å². The van der Waals surface area contributed by atoms with Gasteiger partial charge in [-0.25, -0.2) is 4.98 Å². The number of pyridine rings is 1. The van der Waals surface area contributed by atoms with Crippen molar-refractivity contribution in [1.82, 2.24) is 4.98 Å². The summed E-state index contributed by atoms with van der Waals surface area (Å²) in [6, 6.07) is 53.7. The minimum Gasteiger partial charge on any atom is -0.248 e. The van der Waals surface area contributed by atoms with Gasteiger partial charge in [-0.3, -0.25) is 0 Å². The van der Waals surface area contributed by atoms with Gasteiger partial charge in [-0.15, -0.1) is 0 Å². The number of aromatic nitrogens is 1. The summed E-state index contributed by atoms with van der Waals surface area (Å²) in [5.74, 6) is 0. The third kappa shape index (κ3) is 3.86. The monoisotopic (exact) mass is 483 g/mol. The highest BCUT2D eigenvalue weighted by molar-refractivity contribution is 6.21. The lowest BCUT2D eigenvalue weighted by Gasteiger charge is -2.18. The SMILES string of the molecule is c1ccc(-c2cc(-c3ccccc3)nc(-c3c4ccccc4c(-c4ccccc4)c4ccccc34)c2)cc1. The fourth-order valence-corrected chi connectivity index (χ4v) is 5.53. The van der Waals surface area contributed by atoms with E-state index in [4.69, 9.17) is 4.98 Å². The fourth-order valence-electron chi connectivity index (χ4n) is 5.53. The summed E-state index contributed by atoms with van der Waals surface area (Å²) in [5, 5.41) is 4.89. The van der Waals surface area contributed by atoms with Crippen LogP contribution in [0.5, 0.6) is 0 Å². The first kappa shape index (κ1) is 22.2. The van der Waals surface area contributed by atoms with Crippen LogP contribution < -0.4 is 0 Å². The molecule has 0 spiro atoms. The van der Waals surface area contributed by atoms with Crippen molar-refractivity contribution >= 4 is 21.5 Å². The Hall–Kier alpha value is -5.01. The molecular weight excluding hydrogens is 458 g/mol. The third-order valence-electron chi connectivity index (χ3n) is 7.25. The van der Waals surface area contributed by atoms with Gasteiger partial charge in [0, 0.05) is 11.1 Å². The van der Waals surface area contributed by atoms with E-state index in [0.717, 1.165) is 22.5 Å². The standard InChI is InChI=1S/C37H25N/c1-4-14-26(15-5-1)29-24-34(27-16-6-2-7-17-27)38-35(25-29)37-32-22-12-10-20-30(32)36(28-18-8-3-9-19-28)31-21-11-13-23-33(31)37/h1-25H. The third-order valence-corrected chi connectivity index (χ3v) is 7.25. The van der Waals surface area contributed by atoms with Crippen LogP contribution in [0.4, 0.5) is 0 Å². The van der Waals surface area contributed by atoms with Crippen LogP contribution in [0.2, 0.25) is 0 Å². The molecule has 178 valence electrons. The van der Waals surface area contributed by atoms with E-state index in [9.17, 15) is 0 Å². The molecule has 1 heteroatoms. The molecule has 38 heavy (non-hydrogen) atoms. The smallest absolute Gasteiger partial charge is 0.0728 e. The Kier molecular flexibility index (Phi) is 5.53. The zero-order valence-electron chi connectivity index (χ0n) is 20.9. The second-order valence-electron chi connectivity index (χ2n) is 9.57. The molecule has 6 aromatic carbocycles. The zero-order valence-corrected chi connectivity index (χ0v) is 20.9. The van der Waals surface area contributed by atoms with Gasteiger partial charge in [-0.05, 0) is 55.9 Å². The molecule has 0 fully saturated rings. The molecule has 0 amide bonds. The maximum atomic E-state index is 5.30. The molecule has 7 aromatic rings. The van der Waals surface area contributed by atoms with Gasteiger partial charge in [0.25, 0.3) is 0 Å².